The molecule has 5 rings (SSSR count). The van der Waals surface area contributed by atoms with Crippen LogP contribution in [-0.4, -0.2) is 46.3 Å². The van der Waals surface area contributed by atoms with Gasteiger partial charge in [0.15, 0.2) is 0 Å². The first-order valence-electron chi connectivity index (χ1n) is 15.9. The van der Waals surface area contributed by atoms with Gasteiger partial charge >= 0.3 is 11.9 Å². The summed E-state index contributed by atoms with van der Waals surface area (Å²) in [6, 6.07) is 14.5. The van der Waals surface area contributed by atoms with Crippen LogP contribution >= 0.6 is 11.3 Å². The van der Waals surface area contributed by atoms with Gasteiger partial charge in [-0.2, -0.15) is 0 Å². The van der Waals surface area contributed by atoms with E-state index >= 15 is 0 Å². The molecule has 1 saturated carbocycles. The van der Waals surface area contributed by atoms with E-state index in [2.05, 4.69) is 47.2 Å². The molecule has 0 saturated heterocycles. The van der Waals surface area contributed by atoms with Crippen LogP contribution in [-0.2, 0) is 20.9 Å². The number of thiophene rings is 1. The third kappa shape index (κ3) is 8.03. The Morgan fingerprint density at radius 3 is 2.52 bits per heavy atom. The maximum Gasteiger partial charge on any atom is 0.320 e. The molecule has 2 aromatic heterocycles. The van der Waals surface area contributed by atoms with E-state index in [1.807, 2.05) is 45.9 Å². The van der Waals surface area contributed by atoms with E-state index in [4.69, 9.17) is 19.4 Å². The molecular formula is C36H44N4O5S. The van der Waals surface area contributed by atoms with Crippen molar-refractivity contribution < 1.29 is 24.2 Å². The van der Waals surface area contributed by atoms with Gasteiger partial charge in [-0.05, 0) is 106 Å². The summed E-state index contributed by atoms with van der Waals surface area (Å²) < 4.78 is 11.2. The van der Waals surface area contributed by atoms with Crippen molar-refractivity contribution in [2.45, 2.75) is 84.4 Å². The van der Waals surface area contributed by atoms with E-state index in [0.717, 1.165) is 62.4 Å². The second-order valence-corrected chi connectivity index (χ2v) is 14.0. The van der Waals surface area contributed by atoms with E-state index in [-0.39, 0.29) is 30.4 Å². The molecule has 244 valence electrons. The van der Waals surface area contributed by atoms with Crippen molar-refractivity contribution in [3.05, 3.63) is 69.7 Å². The Morgan fingerprint density at radius 1 is 1.09 bits per heavy atom. The molecule has 10 heteroatoms. The molecule has 46 heavy (non-hydrogen) atoms. The van der Waals surface area contributed by atoms with E-state index in [1.165, 1.54) is 0 Å². The minimum atomic E-state index is -0.705. The normalized spacial score (nSPS) is 17.4. The number of hydrogen-bond acceptors (Lipinski definition) is 9. The number of benzene rings is 2. The largest absolute Gasteiger partial charge is 0.496 e. The van der Waals surface area contributed by atoms with Crippen molar-refractivity contribution in [1.29, 1.82) is 0 Å². The third-order valence-electron chi connectivity index (χ3n) is 8.41. The van der Waals surface area contributed by atoms with Crippen molar-refractivity contribution in [1.82, 2.24) is 15.3 Å². The van der Waals surface area contributed by atoms with E-state index in [1.54, 1.807) is 18.4 Å². The zero-order valence-corrected chi connectivity index (χ0v) is 28.3. The number of methoxy groups -OCH3 is 1. The Balaban J connectivity index is 1.34. The maximum absolute atomic E-state index is 12.2. The lowest BCUT2D eigenvalue weighted by Gasteiger charge is -2.28. The summed E-state index contributed by atoms with van der Waals surface area (Å²) >= 11 is 1.69. The number of fused-ring (bicyclic) bond motifs is 1. The van der Waals surface area contributed by atoms with Gasteiger partial charge in [0.25, 0.3) is 0 Å². The highest BCUT2D eigenvalue weighted by Crippen LogP contribution is 2.42. The summed E-state index contributed by atoms with van der Waals surface area (Å²) in [4.78, 5) is 34.4. The van der Waals surface area contributed by atoms with Crippen LogP contribution in [0.1, 0.15) is 87.2 Å². The highest BCUT2D eigenvalue weighted by molar-refractivity contribution is 7.10. The number of esters is 1. The summed E-state index contributed by atoms with van der Waals surface area (Å²) in [6.07, 6.45) is 2.94. The van der Waals surface area contributed by atoms with Crippen molar-refractivity contribution in [3.63, 3.8) is 0 Å². The fourth-order valence-corrected chi connectivity index (χ4v) is 7.09. The van der Waals surface area contributed by atoms with Gasteiger partial charge in [0.05, 0.1) is 31.1 Å². The van der Waals surface area contributed by atoms with Crippen molar-refractivity contribution in [2.24, 2.45) is 5.92 Å². The average Bonchev–Trinajstić information content (AvgIpc) is 3.50. The Hall–Kier alpha value is -4.02. The Bertz CT molecular complexity index is 1700. The highest BCUT2D eigenvalue weighted by atomic mass is 32.1. The summed E-state index contributed by atoms with van der Waals surface area (Å²) in [5, 5.41) is 19.4. The molecule has 0 amide bonds. The monoisotopic (exact) mass is 644 g/mol. The third-order valence-corrected chi connectivity index (χ3v) is 9.52. The van der Waals surface area contributed by atoms with Gasteiger partial charge in [-0.1, -0.05) is 24.3 Å². The Kier molecular flexibility index (Phi) is 10.3. The molecule has 4 aromatic rings. The number of anilines is 1. The Morgan fingerprint density at radius 2 is 1.83 bits per heavy atom. The smallest absolute Gasteiger partial charge is 0.320 e. The number of carboxylic acid groups (broad SMARTS) is 1. The SMILES string of the molecule is COc1cc2nc(C)nc(N[C@H](C)c3cc(-c4ccccc4CNCC(=O)OC(C)(C)C)cs3)c2cc1C1CCC(C(=O)O)CC1. The number of carboxylic acids is 1. The molecule has 9 nitrogen and oxygen atoms in total. The fraction of sp³-hybridized carbons (Fsp3) is 0.444. The molecule has 1 aliphatic rings. The van der Waals surface area contributed by atoms with Gasteiger partial charge in [-0.25, -0.2) is 9.97 Å². The van der Waals surface area contributed by atoms with Crippen LogP contribution in [0, 0.1) is 12.8 Å². The average molecular weight is 645 g/mol. The molecule has 0 unspecified atom stereocenters. The van der Waals surface area contributed by atoms with Gasteiger partial charge in [0.1, 0.15) is 23.0 Å². The second-order valence-electron chi connectivity index (χ2n) is 13.1. The number of nitrogens with zero attached hydrogens (tertiary/aromatic N) is 2. The number of hydrogen-bond donors (Lipinski definition) is 3. The molecular weight excluding hydrogens is 600 g/mol. The molecule has 1 atom stereocenters. The molecule has 3 N–H and O–H groups in total. The summed E-state index contributed by atoms with van der Waals surface area (Å²) in [5.74, 6) is 1.18. The van der Waals surface area contributed by atoms with Crippen molar-refractivity contribution in [2.75, 3.05) is 19.0 Å². The predicted molar refractivity (Wildman–Crippen MR) is 183 cm³/mol. The first kappa shape index (κ1) is 33.3. The van der Waals surface area contributed by atoms with Crippen LogP contribution in [0.5, 0.6) is 5.75 Å². The molecule has 2 heterocycles. The number of aryl methyl sites for hydroxylation is 1. The van der Waals surface area contributed by atoms with Gasteiger partial charge in [0.2, 0.25) is 0 Å². The van der Waals surface area contributed by atoms with Gasteiger partial charge in [0, 0.05) is 22.9 Å². The van der Waals surface area contributed by atoms with Crippen LogP contribution in [0.3, 0.4) is 0 Å². The Labute approximate surface area is 274 Å². The fourth-order valence-electron chi connectivity index (χ4n) is 6.18. The predicted octanol–water partition coefficient (Wildman–Crippen LogP) is 7.64. The number of aromatic nitrogens is 2. The molecule has 1 aliphatic carbocycles. The number of aliphatic carboxylic acids is 1. The van der Waals surface area contributed by atoms with Crippen LogP contribution in [0.25, 0.3) is 22.0 Å². The quantitative estimate of drug-likeness (QED) is 0.141. The van der Waals surface area contributed by atoms with Gasteiger partial charge in [-0.15, -0.1) is 11.3 Å². The number of nitrogens with one attached hydrogen (secondary N) is 2. The highest BCUT2D eigenvalue weighted by Gasteiger charge is 2.29. The van der Waals surface area contributed by atoms with E-state index in [9.17, 15) is 14.7 Å². The first-order valence-corrected chi connectivity index (χ1v) is 16.7. The standard InChI is InChI=1S/C36H44N4O5S/c1-21(32-15-26(20-46-32)27-10-8-7-9-25(27)18-37-19-33(41)45-36(3,4)5)38-34-29-16-28(23-11-13-24(14-12-23)35(42)43)31(44-6)17-30(29)39-22(2)40-34/h7-10,15-17,20-21,23-24,37H,11-14,18-19H2,1-6H3,(H,42,43)(H,38,39,40)/t21-,23?,24?/m1/s1. The van der Waals surface area contributed by atoms with E-state index in [0.29, 0.717) is 25.2 Å². The number of carbonyl (C=O) groups excluding carboxylic acids is 1. The molecule has 2 aromatic carbocycles. The van der Waals surface area contributed by atoms with E-state index < -0.39 is 11.6 Å². The number of rotatable bonds is 11. The lowest BCUT2D eigenvalue weighted by Crippen LogP contribution is -2.31. The minimum absolute atomic E-state index is 0.0229. The van der Waals surface area contributed by atoms with Gasteiger partial charge in [-0.3, -0.25) is 9.59 Å². The summed E-state index contributed by atoms with van der Waals surface area (Å²) in [6.45, 7) is 10.3. The molecule has 1 fully saturated rings. The molecule has 0 aliphatic heterocycles. The molecule has 0 spiro atoms. The lowest BCUT2D eigenvalue weighted by molar-refractivity contribution is -0.153. The van der Waals surface area contributed by atoms with Crippen LogP contribution < -0.4 is 15.4 Å². The summed E-state index contributed by atoms with van der Waals surface area (Å²) in [7, 11) is 1.67. The van der Waals surface area contributed by atoms with Crippen molar-refractivity contribution in [3.8, 4) is 16.9 Å². The summed E-state index contributed by atoms with van der Waals surface area (Å²) in [5.41, 5.74) is 4.72. The zero-order valence-electron chi connectivity index (χ0n) is 27.5. The van der Waals surface area contributed by atoms with Crippen LogP contribution in [0.4, 0.5) is 5.82 Å². The van der Waals surface area contributed by atoms with Gasteiger partial charge < -0.3 is 25.2 Å². The minimum Gasteiger partial charge on any atom is -0.496 e. The molecule has 0 bridgehead atoms. The zero-order chi connectivity index (χ0) is 33.0. The van der Waals surface area contributed by atoms with Crippen LogP contribution in [0.15, 0.2) is 47.8 Å². The number of ether oxygens (including phenoxy) is 2. The van der Waals surface area contributed by atoms with Crippen LogP contribution in [0.2, 0.25) is 0 Å². The first-order chi connectivity index (χ1) is 21.9. The number of carbonyl (C=O) groups is 2. The molecule has 0 radical (unpaired) electrons. The maximum atomic E-state index is 12.2. The second kappa shape index (κ2) is 14.2. The topological polar surface area (TPSA) is 123 Å². The van der Waals surface area contributed by atoms with Crippen molar-refractivity contribution >= 4 is 40.0 Å². The lowest BCUT2D eigenvalue weighted by atomic mass is 9.78.